The Morgan fingerprint density at radius 1 is 0.474 bits per heavy atom. The molecule has 202 valence electrons. The van der Waals surface area contributed by atoms with Crippen LogP contribution in [0.4, 0.5) is 11.4 Å². The van der Waals surface area contributed by atoms with Crippen molar-refractivity contribution < 1.29 is 0 Å². The van der Waals surface area contributed by atoms with Gasteiger partial charge in [-0.2, -0.15) is 0 Å². The fourth-order valence-electron chi connectivity index (χ4n) is 7.75. The molecule has 0 unspecified atom stereocenters. The van der Waals surface area contributed by atoms with Gasteiger partial charge in [0.15, 0.2) is 0 Å². The molecule has 6 aliphatic rings. The van der Waals surface area contributed by atoms with E-state index in [1.54, 1.807) is 0 Å². The van der Waals surface area contributed by atoms with Crippen molar-refractivity contribution in [3.8, 4) is 11.8 Å². The fraction of sp³-hybridized carbons (Fsp3) is 0.588. The number of benzene rings is 2. The molecule has 0 radical (unpaired) electrons. The van der Waals surface area contributed by atoms with Gasteiger partial charge in [-0.05, 0) is 141 Å². The summed E-state index contributed by atoms with van der Waals surface area (Å²) in [4.78, 5) is 0. The lowest BCUT2D eigenvalue weighted by molar-refractivity contribution is -0.0144. The first kappa shape index (κ1) is 25.8. The largest absolute Gasteiger partial charge is 0.302 e. The third kappa shape index (κ3) is 4.74. The molecule has 0 amide bonds. The average molecular weight is 511 g/mol. The van der Waals surface area contributed by atoms with Crippen LogP contribution >= 0.6 is 0 Å². The maximum Gasteiger partial charge on any atom is 0.0526 e. The number of rotatable bonds is 2. The highest BCUT2D eigenvalue weighted by Gasteiger charge is 2.46. The van der Waals surface area contributed by atoms with Crippen LogP contribution in [0.25, 0.3) is 0 Å². The standard InChI is InChI=1S/C34H46N4/c1-33(2,3)37-31-21-17-29(18-22-31)35(37)27-13-9-25(10-14-27)7-8-26-11-15-28(16-12-26)36-30-19-23-32(24-20-30)38(36)34(4,5)6/h9-16,29-32H,17-24H2,1-6H3. The van der Waals surface area contributed by atoms with Crippen molar-refractivity contribution in [1.29, 1.82) is 0 Å². The summed E-state index contributed by atoms with van der Waals surface area (Å²) < 4.78 is 0. The number of hydrazine groups is 2. The van der Waals surface area contributed by atoms with Gasteiger partial charge in [-0.25, -0.2) is 10.0 Å². The van der Waals surface area contributed by atoms with E-state index in [-0.39, 0.29) is 11.1 Å². The van der Waals surface area contributed by atoms with E-state index in [0.717, 1.165) is 11.1 Å². The van der Waals surface area contributed by atoms with Crippen molar-refractivity contribution >= 4 is 11.4 Å². The lowest BCUT2D eigenvalue weighted by atomic mass is 9.84. The lowest BCUT2D eigenvalue weighted by Crippen LogP contribution is -2.67. The zero-order chi connectivity index (χ0) is 26.7. The highest BCUT2D eigenvalue weighted by Crippen LogP contribution is 2.43. The molecule has 0 spiro atoms. The topological polar surface area (TPSA) is 13.0 Å². The smallest absolute Gasteiger partial charge is 0.0526 e. The van der Waals surface area contributed by atoms with Crippen molar-refractivity contribution in [1.82, 2.24) is 10.0 Å². The van der Waals surface area contributed by atoms with E-state index < -0.39 is 0 Å². The van der Waals surface area contributed by atoms with Crippen molar-refractivity contribution in [2.45, 2.75) is 128 Å². The van der Waals surface area contributed by atoms with Crippen molar-refractivity contribution in [3.63, 3.8) is 0 Å². The molecule has 4 saturated heterocycles. The molecule has 8 rings (SSSR count). The number of nitrogens with zero attached hydrogens (tertiary/aromatic N) is 4. The third-order valence-corrected chi connectivity index (χ3v) is 9.17. The van der Waals surface area contributed by atoms with Crippen molar-refractivity contribution in [3.05, 3.63) is 59.7 Å². The second-order valence-electron chi connectivity index (χ2n) is 14.0. The Morgan fingerprint density at radius 2 is 0.763 bits per heavy atom. The summed E-state index contributed by atoms with van der Waals surface area (Å²) in [6, 6.07) is 20.5. The summed E-state index contributed by atoms with van der Waals surface area (Å²) in [5.74, 6) is 6.84. The van der Waals surface area contributed by atoms with Gasteiger partial charge in [-0.1, -0.05) is 11.8 Å². The second kappa shape index (κ2) is 9.61. The minimum atomic E-state index is 0.131. The molecule has 2 aliphatic carbocycles. The molecule has 0 N–H and O–H groups in total. The molecule has 4 heteroatoms. The summed E-state index contributed by atoms with van der Waals surface area (Å²) in [6.45, 7) is 14.1. The first-order valence-corrected chi connectivity index (χ1v) is 15.0. The minimum Gasteiger partial charge on any atom is -0.302 e. The Kier molecular flexibility index (Phi) is 6.52. The van der Waals surface area contributed by atoms with Gasteiger partial charge in [0.05, 0.1) is 11.4 Å². The molecule has 2 saturated carbocycles. The van der Waals surface area contributed by atoms with Crippen LogP contribution in [-0.2, 0) is 0 Å². The maximum absolute atomic E-state index is 3.42. The molecule has 38 heavy (non-hydrogen) atoms. The van der Waals surface area contributed by atoms with E-state index in [0.29, 0.717) is 24.2 Å². The molecule has 4 nitrogen and oxygen atoms in total. The monoisotopic (exact) mass is 510 g/mol. The molecule has 0 atom stereocenters. The van der Waals surface area contributed by atoms with Crippen LogP contribution in [0.1, 0.15) is 104 Å². The Bertz CT molecular complexity index is 1080. The zero-order valence-corrected chi connectivity index (χ0v) is 24.4. The number of hydrogen-bond donors (Lipinski definition) is 0. The third-order valence-electron chi connectivity index (χ3n) is 9.17. The normalized spacial score (nSPS) is 27.9. The van der Waals surface area contributed by atoms with Gasteiger partial charge in [0.2, 0.25) is 0 Å². The van der Waals surface area contributed by atoms with Crippen LogP contribution < -0.4 is 10.0 Å². The molecule has 4 bridgehead atoms. The van der Waals surface area contributed by atoms with Crippen LogP contribution in [0.3, 0.4) is 0 Å². The zero-order valence-electron chi connectivity index (χ0n) is 24.4. The number of hydrogen-bond acceptors (Lipinski definition) is 4. The van der Waals surface area contributed by atoms with Gasteiger partial charge in [0.1, 0.15) is 0 Å². The average Bonchev–Trinajstić information content (AvgIpc) is 2.92. The van der Waals surface area contributed by atoms with Gasteiger partial charge < -0.3 is 10.0 Å². The number of anilines is 2. The molecular formula is C34H46N4. The minimum absolute atomic E-state index is 0.131. The number of fused-ring (bicyclic) bond motifs is 6. The quantitative estimate of drug-likeness (QED) is 0.391. The highest BCUT2D eigenvalue weighted by molar-refractivity contribution is 5.55. The van der Waals surface area contributed by atoms with E-state index in [1.807, 2.05) is 0 Å². The Labute approximate surface area is 230 Å². The van der Waals surface area contributed by atoms with Crippen molar-refractivity contribution in [2.75, 3.05) is 10.0 Å². The Hall–Kier alpha value is -2.48. The first-order valence-electron chi connectivity index (χ1n) is 15.0. The van der Waals surface area contributed by atoms with Crippen LogP contribution in [0.5, 0.6) is 0 Å². The lowest BCUT2D eigenvalue weighted by Gasteiger charge is -2.59. The van der Waals surface area contributed by atoms with Crippen LogP contribution in [0.2, 0.25) is 0 Å². The summed E-state index contributed by atoms with van der Waals surface area (Å²) in [5, 5.41) is 10.5. The summed E-state index contributed by atoms with van der Waals surface area (Å²) in [5.41, 5.74) is 5.04. The first-order chi connectivity index (χ1) is 18.1. The summed E-state index contributed by atoms with van der Waals surface area (Å²) in [6.07, 6.45) is 10.5. The van der Waals surface area contributed by atoms with Crippen LogP contribution in [0.15, 0.2) is 48.5 Å². The fourth-order valence-corrected chi connectivity index (χ4v) is 7.75. The Morgan fingerprint density at radius 3 is 1.05 bits per heavy atom. The van der Waals surface area contributed by atoms with Gasteiger partial charge in [-0.3, -0.25) is 0 Å². The van der Waals surface area contributed by atoms with Gasteiger partial charge >= 0.3 is 0 Å². The Balaban J connectivity index is 1.18. The SMILES string of the molecule is CC(C)(C)N1C2CCC(CC2)N1c1ccc(C#Cc2ccc(N3C4CCC(CC4)N3C(C)(C)C)cc2)cc1. The predicted octanol–water partition coefficient (Wildman–Crippen LogP) is 7.38. The van der Waals surface area contributed by atoms with Gasteiger partial charge in [0.25, 0.3) is 0 Å². The van der Waals surface area contributed by atoms with Crippen LogP contribution in [-0.4, -0.2) is 45.3 Å². The second-order valence-corrected chi connectivity index (χ2v) is 14.0. The highest BCUT2D eigenvalue weighted by atomic mass is 15.7. The molecular weight excluding hydrogens is 464 g/mol. The predicted molar refractivity (Wildman–Crippen MR) is 159 cm³/mol. The summed E-state index contributed by atoms with van der Waals surface area (Å²) in [7, 11) is 0. The molecule has 0 aromatic heterocycles. The van der Waals surface area contributed by atoms with Gasteiger partial charge in [-0.15, -0.1) is 0 Å². The van der Waals surface area contributed by atoms with E-state index in [1.165, 1.54) is 62.7 Å². The van der Waals surface area contributed by atoms with E-state index in [2.05, 4.69) is 122 Å². The van der Waals surface area contributed by atoms with Gasteiger partial charge in [0, 0.05) is 46.4 Å². The summed E-state index contributed by atoms with van der Waals surface area (Å²) >= 11 is 0. The molecule has 4 aliphatic heterocycles. The molecule has 2 aromatic carbocycles. The van der Waals surface area contributed by atoms with E-state index in [9.17, 15) is 0 Å². The maximum atomic E-state index is 3.42. The van der Waals surface area contributed by atoms with Crippen LogP contribution in [0, 0.1) is 11.8 Å². The van der Waals surface area contributed by atoms with Crippen molar-refractivity contribution in [2.24, 2.45) is 0 Å². The molecule has 6 fully saturated rings. The molecule has 4 heterocycles. The van der Waals surface area contributed by atoms with E-state index in [4.69, 9.17) is 0 Å². The molecule has 2 aromatic rings. The van der Waals surface area contributed by atoms with E-state index >= 15 is 0 Å².